The first-order chi connectivity index (χ1) is 15.5. The molecule has 0 unspecified atom stereocenters. The summed E-state index contributed by atoms with van der Waals surface area (Å²) in [5.74, 6) is -0.521. The van der Waals surface area contributed by atoms with Crippen LogP contribution in [0.1, 0.15) is 40.9 Å². The number of hydrogen-bond donors (Lipinski definition) is 2. The van der Waals surface area contributed by atoms with E-state index in [-0.39, 0.29) is 36.8 Å². The Bertz CT molecular complexity index is 1240. The fourth-order valence-electron chi connectivity index (χ4n) is 4.01. The number of aromatic amines is 1. The molecule has 0 fully saturated rings. The summed E-state index contributed by atoms with van der Waals surface area (Å²) in [6, 6.07) is 11.0. The number of carbonyl (C=O) groups is 2. The van der Waals surface area contributed by atoms with Crippen molar-refractivity contribution in [1.29, 1.82) is 0 Å². The fourth-order valence-corrected chi connectivity index (χ4v) is 4.01. The summed E-state index contributed by atoms with van der Waals surface area (Å²) >= 11 is 0. The van der Waals surface area contributed by atoms with E-state index in [1.807, 2.05) is 24.3 Å². The molecule has 8 nitrogen and oxygen atoms in total. The molecular weight excluding hydrogens is 408 g/mol. The molecule has 2 heterocycles. The van der Waals surface area contributed by atoms with Crippen molar-refractivity contribution in [3.63, 3.8) is 0 Å². The van der Waals surface area contributed by atoms with Gasteiger partial charge in [0.15, 0.2) is 5.78 Å². The van der Waals surface area contributed by atoms with E-state index < -0.39 is 5.69 Å². The minimum Gasteiger partial charge on any atom is -0.349 e. The van der Waals surface area contributed by atoms with Gasteiger partial charge in [0.05, 0.1) is 6.54 Å². The molecule has 0 atom stereocenters. The van der Waals surface area contributed by atoms with Crippen molar-refractivity contribution < 1.29 is 9.59 Å². The van der Waals surface area contributed by atoms with Gasteiger partial charge in [-0.2, -0.15) is 0 Å². The Morgan fingerprint density at radius 2 is 1.66 bits per heavy atom. The Labute approximate surface area is 184 Å². The molecule has 0 saturated carbocycles. The van der Waals surface area contributed by atoms with E-state index in [1.165, 1.54) is 4.57 Å². The second-order valence-electron chi connectivity index (χ2n) is 7.81. The monoisotopic (exact) mass is 432 g/mol. The van der Waals surface area contributed by atoms with Crippen molar-refractivity contribution in [2.45, 2.75) is 38.6 Å². The number of rotatable bonds is 7. The highest BCUT2D eigenvalue weighted by atomic mass is 16.2. The van der Waals surface area contributed by atoms with Crippen molar-refractivity contribution in [3.05, 3.63) is 86.5 Å². The number of Topliss-reactive ketones (excluding diaryl/α,β-unsaturated/α-hetero) is 1. The largest absolute Gasteiger partial charge is 0.349 e. The van der Waals surface area contributed by atoms with Crippen LogP contribution >= 0.6 is 0 Å². The molecule has 1 aliphatic carbocycles. The second-order valence-corrected chi connectivity index (χ2v) is 7.81. The number of H-pyrrole nitrogens is 1. The summed E-state index contributed by atoms with van der Waals surface area (Å²) in [6.45, 7) is 0.0463. The van der Waals surface area contributed by atoms with Gasteiger partial charge in [-0.05, 0) is 48.9 Å². The minimum atomic E-state index is -0.492. The second kappa shape index (κ2) is 9.55. The molecule has 0 radical (unpaired) electrons. The predicted octanol–water partition coefficient (Wildman–Crippen LogP) is 1.87. The number of nitrogens with one attached hydrogen (secondary N) is 2. The third-order valence-electron chi connectivity index (χ3n) is 5.73. The molecule has 1 aliphatic rings. The average Bonchev–Trinajstić information content (AvgIpc) is 2.83. The summed E-state index contributed by atoms with van der Waals surface area (Å²) in [7, 11) is 0. The van der Waals surface area contributed by atoms with E-state index in [0.29, 0.717) is 24.0 Å². The SMILES string of the molecule is O=C(CCn1c2c(c(=O)[nH]c1=O)CCCC2)NCC(=O)c1ccc(-c2ccncc2)cc1. The molecule has 164 valence electrons. The molecular formula is C24H24N4O4. The zero-order valence-electron chi connectivity index (χ0n) is 17.6. The van der Waals surface area contributed by atoms with Gasteiger partial charge < -0.3 is 5.32 Å². The van der Waals surface area contributed by atoms with Gasteiger partial charge >= 0.3 is 5.69 Å². The maximum absolute atomic E-state index is 12.4. The number of aromatic nitrogens is 3. The lowest BCUT2D eigenvalue weighted by molar-refractivity contribution is -0.121. The molecule has 0 saturated heterocycles. The standard InChI is InChI=1S/C24H24N4O4/c29-21(18-7-5-16(6-8-18)17-9-12-25-13-10-17)15-26-22(30)11-14-28-20-4-2-1-3-19(20)23(31)27-24(28)32/h5-10,12-13H,1-4,11,14-15H2,(H,26,30)(H,27,31,32). The lowest BCUT2D eigenvalue weighted by Gasteiger charge is -2.19. The van der Waals surface area contributed by atoms with E-state index in [1.54, 1.807) is 24.5 Å². The van der Waals surface area contributed by atoms with Crippen molar-refractivity contribution in [2.24, 2.45) is 0 Å². The van der Waals surface area contributed by atoms with Crippen LogP contribution in [0.5, 0.6) is 0 Å². The number of fused-ring (bicyclic) bond motifs is 1. The number of nitrogens with zero attached hydrogens (tertiary/aromatic N) is 2. The van der Waals surface area contributed by atoms with Crippen molar-refractivity contribution in [2.75, 3.05) is 6.54 Å². The molecule has 0 aliphatic heterocycles. The van der Waals surface area contributed by atoms with Gasteiger partial charge in [0, 0.05) is 42.2 Å². The Kier molecular flexibility index (Phi) is 6.39. The number of benzene rings is 1. The third-order valence-corrected chi connectivity index (χ3v) is 5.73. The quantitative estimate of drug-likeness (QED) is 0.553. The zero-order valence-corrected chi connectivity index (χ0v) is 17.6. The number of hydrogen-bond acceptors (Lipinski definition) is 5. The van der Waals surface area contributed by atoms with Crippen molar-refractivity contribution >= 4 is 11.7 Å². The summed E-state index contributed by atoms with van der Waals surface area (Å²) in [5.41, 5.74) is 3.04. The minimum absolute atomic E-state index is 0.0483. The molecule has 2 N–H and O–H groups in total. The number of pyridine rings is 1. The van der Waals surface area contributed by atoms with Crippen molar-refractivity contribution in [1.82, 2.24) is 19.9 Å². The maximum atomic E-state index is 12.4. The highest BCUT2D eigenvalue weighted by Gasteiger charge is 2.18. The summed E-state index contributed by atoms with van der Waals surface area (Å²) in [6.07, 6.45) is 6.60. The molecule has 3 aromatic rings. The molecule has 0 spiro atoms. The highest BCUT2D eigenvalue weighted by Crippen LogP contribution is 2.19. The van der Waals surface area contributed by atoms with Gasteiger partial charge in [-0.3, -0.25) is 28.9 Å². The first-order valence-electron chi connectivity index (χ1n) is 10.7. The first-order valence-corrected chi connectivity index (χ1v) is 10.7. The summed E-state index contributed by atoms with van der Waals surface area (Å²) < 4.78 is 1.48. The zero-order chi connectivity index (χ0) is 22.5. The fraction of sp³-hybridized carbons (Fsp3) is 0.292. The van der Waals surface area contributed by atoms with Crippen LogP contribution in [0.25, 0.3) is 11.1 Å². The molecule has 4 rings (SSSR count). The molecule has 2 aromatic heterocycles. The van der Waals surface area contributed by atoms with Crippen LogP contribution in [-0.4, -0.2) is 32.8 Å². The lowest BCUT2D eigenvalue weighted by atomic mass is 9.97. The van der Waals surface area contributed by atoms with Crippen LogP contribution in [0.2, 0.25) is 0 Å². The first kappa shape index (κ1) is 21.4. The van der Waals surface area contributed by atoms with Gasteiger partial charge in [0.2, 0.25) is 5.91 Å². The number of amides is 1. The van der Waals surface area contributed by atoms with Gasteiger partial charge in [-0.15, -0.1) is 0 Å². The Morgan fingerprint density at radius 3 is 2.41 bits per heavy atom. The Hall–Kier alpha value is -3.81. The third kappa shape index (κ3) is 4.74. The van der Waals surface area contributed by atoms with E-state index in [2.05, 4.69) is 15.3 Å². The van der Waals surface area contributed by atoms with E-state index in [4.69, 9.17) is 0 Å². The van der Waals surface area contributed by atoms with E-state index in [9.17, 15) is 19.2 Å². The summed E-state index contributed by atoms with van der Waals surface area (Å²) in [4.78, 5) is 55.3. The molecule has 1 aromatic carbocycles. The lowest BCUT2D eigenvalue weighted by Crippen LogP contribution is -2.38. The van der Waals surface area contributed by atoms with Crippen LogP contribution in [0.3, 0.4) is 0 Å². The Balaban J connectivity index is 1.33. The smallest absolute Gasteiger partial charge is 0.328 e. The van der Waals surface area contributed by atoms with Gasteiger partial charge in [0.25, 0.3) is 5.56 Å². The predicted molar refractivity (Wildman–Crippen MR) is 120 cm³/mol. The van der Waals surface area contributed by atoms with Gasteiger partial charge in [-0.1, -0.05) is 24.3 Å². The van der Waals surface area contributed by atoms with Crippen LogP contribution in [-0.2, 0) is 24.2 Å². The molecule has 0 bridgehead atoms. The van der Waals surface area contributed by atoms with Crippen LogP contribution in [0, 0.1) is 0 Å². The maximum Gasteiger partial charge on any atom is 0.328 e. The highest BCUT2D eigenvalue weighted by molar-refractivity contribution is 5.99. The van der Waals surface area contributed by atoms with Crippen LogP contribution in [0.15, 0.2) is 58.4 Å². The normalized spacial score (nSPS) is 12.8. The topological polar surface area (TPSA) is 114 Å². The number of carbonyl (C=O) groups excluding carboxylic acids is 2. The summed E-state index contributed by atoms with van der Waals surface area (Å²) in [5, 5.41) is 2.62. The van der Waals surface area contributed by atoms with E-state index in [0.717, 1.165) is 29.7 Å². The van der Waals surface area contributed by atoms with E-state index >= 15 is 0 Å². The Morgan fingerprint density at radius 1 is 0.969 bits per heavy atom. The molecule has 1 amide bonds. The van der Waals surface area contributed by atoms with Gasteiger partial charge in [-0.25, -0.2) is 4.79 Å². The van der Waals surface area contributed by atoms with Gasteiger partial charge in [0.1, 0.15) is 0 Å². The van der Waals surface area contributed by atoms with Crippen molar-refractivity contribution in [3.8, 4) is 11.1 Å². The van der Waals surface area contributed by atoms with Crippen LogP contribution in [0.4, 0.5) is 0 Å². The van der Waals surface area contributed by atoms with Crippen LogP contribution < -0.4 is 16.6 Å². The molecule has 8 heteroatoms. The average molecular weight is 432 g/mol. The molecule has 32 heavy (non-hydrogen) atoms. The number of ketones is 1.